The number of amides is 1. The Morgan fingerprint density at radius 3 is 2.88 bits per heavy atom. The van der Waals surface area contributed by atoms with Crippen molar-refractivity contribution in [3.8, 4) is 6.07 Å². The lowest BCUT2D eigenvalue weighted by atomic mass is 10.4. The summed E-state index contributed by atoms with van der Waals surface area (Å²) in [4.78, 5) is 13.6. The van der Waals surface area contributed by atoms with E-state index in [9.17, 15) is 4.79 Å². The molecule has 0 unspecified atom stereocenters. The number of nitrogens with zero attached hydrogens (tertiary/aromatic N) is 2. The molecule has 2 N–H and O–H groups in total. The maximum atomic E-state index is 11.1. The van der Waals surface area contributed by atoms with E-state index < -0.39 is 0 Å². The Labute approximate surface area is 96.8 Å². The van der Waals surface area contributed by atoms with Crippen LogP contribution >= 0.6 is 0 Å². The average Bonchev–Trinajstić information content (AvgIpc) is 3.10. The maximum absolute atomic E-state index is 11.1. The Balaban J connectivity index is 1.98. The molecule has 0 atom stereocenters. The van der Waals surface area contributed by atoms with E-state index in [-0.39, 0.29) is 12.5 Å². The van der Waals surface area contributed by atoms with Gasteiger partial charge in [0.05, 0.1) is 12.6 Å². The van der Waals surface area contributed by atoms with Crippen LogP contribution in [0.1, 0.15) is 19.8 Å². The van der Waals surface area contributed by atoms with E-state index in [0.717, 1.165) is 25.7 Å². The summed E-state index contributed by atoms with van der Waals surface area (Å²) >= 11 is 0. The van der Waals surface area contributed by atoms with Gasteiger partial charge < -0.3 is 10.6 Å². The van der Waals surface area contributed by atoms with Crippen molar-refractivity contribution in [3.05, 3.63) is 0 Å². The number of hydrogen-bond donors (Lipinski definition) is 2. The van der Waals surface area contributed by atoms with Crippen LogP contribution in [-0.4, -0.2) is 49.6 Å². The smallest absolute Gasteiger partial charge is 0.234 e. The molecular weight excluding hydrogens is 204 g/mol. The van der Waals surface area contributed by atoms with Crippen molar-refractivity contribution in [2.45, 2.75) is 25.8 Å². The molecule has 0 saturated heterocycles. The van der Waals surface area contributed by atoms with Crippen LogP contribution in [0.4, 0.5) is 0 Å². The molecule has 0 spiro atoms. The van der Waals surface area contributed by atoms with Gasteiger partial charge in [-0.05, 0) is 19.4 Å². The first-order valence-electron chi connectivity index (χ1n) is 5.86. The molecule has 0 aromatic rings. The van der Waals surface area contributed by atoms with Crippen molar-refractivity contribution >= 4 is 5.91 Å². The second kappa shape index (κ2) is 7.20. The summed E-state index contributed by atoms with van der Waals surface area (Å²) in [5.74, 6) is -0.115. The molecule has 0 heterocycles. The normalized spacial score (nSPS) is 14.8. The lowest BCUT2D eigenvalue weighted by Gasteiger charge is -2.19. The Morgan fingerprint density at radius 1 is 1.56 bits per heavy atom. The highest BCUT2D eigenvalue weighted by Gasteiger charge is 2.26. The highest BCUT2D eigenvalue weighted by molar-refractivity contribution is 5.78. The summed E-state index contributed by atoms with van der Waals surface area (Å²) in [6, 6.07) is 2.65. The fraction of sp³-hybridized carbons (Fsp3) is 0.818. The molecule has 1 aliphatic carbocycles. The summed E-state index contributed by atoms with van der Waals surface area (Å²) in [6.45, 7) is 5.44. The summed E-state index contributed by atoms with van der Waals surface area (Å²) < 4.78 is 0. The first-order valence-corrected chi connectivity index (χ1v) is 5.86. The Kier molecular flexibility index (Phi) is 5.83. The summed E-state index contributed by atoms with van der Waals surface area (Å²) in [7, 11) is 0. The summed E-state index contributed by atoms with van der Waals surface area (Å²) in [5.41, 5.74) is 0. The van der Waals surface area contributed by atoms with E-state index in [0.29, 0.717) is 6.54 Å². The maximum Gasteiger partial charge on any atom is 0.234 e. The van der Waals surface area contributed by atoms with Crippen molar-refractivity contribution in [3.63, 3.8) is 0 Å². The van der Waals surface area contributed by atoms with Gasteiger partial charge in [0.25, 0.3) is 0 Å². The van der Waals surface area contributed by atoms with Crippen LogP contribution in [0.25, 0.3) is 0 Å². The van der Waals surface area contributed by atoms with Crippen LogP contribution < -0.4 is 10.6 Å². The molecule has 0 aromatic carbocycles. The zero-order valence-electron chi connectivity index (χ0n) is 9.83. The average molecular weight is 224 g/mol. The summed E-state index contributed by atoms with van der Waals surface area (Å²) in [5, 5.41) is 13.8. The predicted octanol–water partition coefficient (Wildman–Crippen LogP) is -0.300. The second-order valence-corrected chi connectivity index (χ2v) is 3.97. The second-order valence-electron chi connectivity index (χ2n) is 3.97. The van der Waals surface area contributed by atoms with E-state index >= 15 is 0 Å². The molecule has 16 heavy (non-hydrogen) atoms. The van der Waals surface area contributed by atoms with Gasteiger partial charge in [-0.3, -0.25) is 9.69 Å². The van der Waals surface area contributed by atoms with Crippen molar-refractivity contribution in [1.82, 2.24) is 15.5 Å². The van der Waals surface area contributed by atoms with Crippen LogP contribution in [0, 0.1) is 11.3 Å². The SMILES string of the molecule is CCN(CCNCC(=O)NCC#N)C1CC1. The van der Waals surface area contributed by atoms with Crippen molar-refractivity contribution in [1.29, 1.82) is 5.26 Å². The van der Waals surface area contributed by atoms with E-state index in [4.69, 9.17) is 5.26 Å². The van der Waals surface area contributed by atoms with E-state index in [1.807, 2.05) is 6.07 Å². The van der Waals surface area contributed by atoms with Gasteiger partial charge >= 0.3 is 0 Å². The Morgan fingerprint density at radius 2 is 2.31 bits per heavy atom. The van der Waals surface area contributed by atoms with Crippen molar-refractivity contribution in [2.75, 3.05) is 32.7 Å². The van der Waals surface area contributed by atoms with Crippen LogP contribution in [0.15, 0.2) is 0 Å². The monoisotopic (exact) mass is 224 g/mol. The van der Waals surface area contributed by atoms with E-state index in [2.05, 4.69) is 22.5 Å². The number of nitriles is 1. The van der Waals surface area contributed by atoms with E-state index in [1.54, 1.807) is 0 Å². The molecule has 0 aliphatic heterocycles. The number of hydrogen-bond acceptors (Lipinski definition) is 4. The lowest BCUT2D eigenvalue weighted by molar-refractivity contribution is -0.120. The quantitative estimate of drug-likeness (QED) is 0.439. The molecule has 5 heteroatoms. The first kappa shape index (κ1) is 12.9. The molecule has 0 bridgehead atoms. The summed E-state index contributed by atoms with van der Waals surface area (Å²) in [6.07, 6.45) is 2.63. The standard InChI is InChI=1S/C11H20N4O/c1-2-15(10-3-4-10)8-7-13-9-11(16)14-6-5-12/h10,13H,2-4,6-9H2,1H3,(H,14,16). The highest BCUT2D eigenvalue weighted by atomic mass is 16.1. The van der Waals surface area contributed by atoms with Gasteiger partial charge in [0.1, 0.15) is 6.54 Å². The minimum Gasteiger partial charge on any atom is -0.342 e. The van der Waals surface area contributed by atoms with Crippen molar-refractivity contribution in [2.24, 2.45) is 0 Å². The van der Waals surface area contributed by atoms with Crippen LogP contribution in [0.5, 0.6) is 0 Å². The molecule has 0 aromatic heterocycles. The topological polar surface area (TPSA) is 68.2 Å². The third-order valence-corrected chi connectivity index (χ3v) is 2.70. The molecule has 1 saturated carbocycles. The van der Waals surface area contributed by atoms with Gasteiger partial charge in [-0.1, -0.05) is 6.92 Å². The van der Waals surface area contributed by atoms with Gasteiger partial charge in [0, 0.05) is 19.1 Å². The van der Waals surface area contributed by atoms with Gasteiger partial charge in [-0.25, -0.2) is 0 Å². The molecule has 90 valence electrons. The largest absolute Gasteiger partial charge is 0.342 e. The van der Waals surface area contributed by atoms with Gasteiger partial charge in [0.15, 0.2) is 0 Å². The minimum atomic E-state index is -0.115. The third-order valence-electron chi connectivity index (χ3n) is 2.70. The molecule has 1 fully saturated rings. The molecule has 1 amide bonds. The molecule has 0 radical (unpaired) electrons. The minimum absolute atomic E-state index is 0.0870. The van der Waals surface area contributed by atoms with Crippen LogP contribution in [0.2, 0.25) is 0 Å². The van der Waals surface area contributed by atoms with Crippen LogP contribution in [0.3, 0.4) is 0 Å². The highest BCUT2D eigenvalue weighted by Crippen LogP contribution is 2.25. The molecule has 1 rings (SSSR count). The fourth-order valence-electron chi connectivity index (χ4n) is 1.66. The lowest BCUT2D eigenvalue weighted by Crippen LogP contribution is -2.38. The van der Waals surface area contributed by atoms with Gasteiger partial charge in [0.2, 0.25) is 5.91 Å². The van der Waals surface area contributed by atoms with E-state index in [1.165, 1.54) is 12.8 Å². The zero-order chi connectivity index (χ0) is 11.8. The number of carbonyl (C=O) groups is 1. The van der Waals surface area contributed by atoms with Gasteiger partial charge in [-0.2, -0.15) is 5.26 Å². The number of nitrogens with one attached hydrogen (secondary N) is 2. The molecular formula is C11H20N4O. The number of carbonyl (C=O) groups excluding carboxylic acids is 1. The molecule has 1 aliphatic rings. The number of likely N-dealkylation sites (N-methyl/N-ethyl adjacent to an activating group) is 1. The zero-order valence-corrected chi connectivity index (χ0v) is 9.83. The number of rotatable bonds is 8. The van der Waals surface area contributed by atoms with Gasteiger partial charge in [-0.15, -0.1) is 0 Å². The third kappa shape index (κ3) is 5.10. The fourth-order valence-corrected chi connectivity index (χ4v) is 1.66. The predicted molar refractivity (Wildman–Crippen MR) is 61.8 cm³/mol. The first-order chi connectivity index (χ1) is 7.77. The van der Waals surface area contributed by atoms with Crippen LogP contribution in [-0.2, 0) is 4.79 Å². The Hall–Kier alpha value is -1.12. The molecule has 5 nitrogen and oxygen atoms in total. The Bertz CT molecular complexity index is 257. The van der Waals surface area contributed by atoms with Crippen molar-refractivity contribution < 1.29 is 4.79 Å².